The Morgan fingerprint density at radius 3 is 2.42 bits per heavy atom. The molecule has 0 amide bonds. The second kappa shape index (κ2) is 6.13. The molecule has 0 aliphatic heterocycles. The number of hydrogen-bond donors (Lipinski definition) is 1. The van der Waals surface area contributed by atoms with E-state index in [0.29, 0.717) is 6.54 Å². The summed E-state index contributed by atoms with van der Waals surface area (Å²) in [5.74, 6) is 1.01. The van der Waals surface area contributed by atoms with Gasteiger partial charge in [0.15, 0.2) is 9.84 Å². The van der Waals surface area contributed by atoms with E-state index in [0.717, 1.165) is 25.2 Å². The Labute approximate surface area is 119 Å². The number of sulfone groups is 1. The Morgan fingerprint density at radius 1 is 1.32 bits per heavy atom. The van der Waals surface area contributed by atoms with Crippen LogP contribution in [0, 0.1) is 11.3 Å². The maximum atomic E-state index is 12.3. The third-order valence-electron chi connectivity index (χ3n) is 4.89. The van der Waals surface area contributed by atoms with Gasteiger partial charge in [-0.2, -0.15) is 0 Å². The molecule has 2 unspecified atom stereocenters. The molecule has 0 heterocycles. The van der Waals surface area contributed by atoms with Crippen LogP contribution in [0.1, 0.15) is 66.2 Å². The van der Waals surface area contributed by atoms with Gasteiger partial charge in [0, 0.05) is 0 Å². The van der Waals surface area contributed by atoms with Gasteiger partial charge in [0.05, 0.1) is 10.5 Å². The van der Waals surface area contributed by atoms with Crippen molar-refractivity contribution in [1.82, 2.24) is 0 Å². The van der Waals surface area contributed by atoms with Crippen molar-refractivity contribution in [1.29, 1.82) is 0 Å². The molecule has 0 radical (unpaired) electrons. The average molecular weight is 289 g/mol. The van der Waals surface area contributed by atoms with Crippen LogP contribution in [0.4, 0.5) is 0 Å². The van der Waals surface area contributed by atoms with Crippen molar-refractivity contribution in [3.8, 4) is 0 Å². The highest BCUT2D eigenvalue weighted by Crippen LogP contribution is 2.43. The molecule has 0 spiro atoms. The fourth-order valence-electron chi connectivity index (χ4n) is 3.10. The first-order valence-electron chi connectivity index (χ1n) is 7.58. The lowest BCUT2D eigenvalue weighted by molar-refractivity contribution is 0.138. The standard InChI is InChI=1S/C15H31NO2S/c1-5-13-7-6-8-15(11-13,12-16)9-10-19(17,18)14(2,3)4/h13H,5-12,16H2,1-4H3. The summed E-state index contributed by atoms with van der Waals surface area (Å²) in [7, 11) is -3.03. The number of hydrogen-bond acceptors (Lipinski definition) is 3. The van der Waals surface area contributed by atoms with Gasteiger partial charge in [-0.1, -0.05) is 26.2 Å². The van der Waals surface area contributed by atoms with Crippen LogP contribution in [0.3, 0.4) is 0 Å². The molecule has 0 bridgehead atoms. The predicted molar refractivity (Wildman–Crippen MR) is 81.9 cm³/mol. The fraction of sp³-hybridized carbons (Fsp3) is 1.00. The lowest BCUT2D eigenvalue weighted by Crippen LogP contribution is -2.39. The van der Waals surface area contributed by atoms with E-state index in [1.165, 1.54) is 19.3 Å². The van der Waals surface area contributed by atoms with Gasteiger partial charge in [-0.05, 0) is 57.9 Å². The maximum absolute atomic E-state index is 12.3. The molecular weight excluding hydrogens is 258 g/mol. The minimum atomic E-state index is -3.03. The zero-order valence-electron chi connectivity index (χ0n) is 13.0. The molecule has 19 heavy (non-hydrogen) atoms. The summed E-state index contributed by atoms with van der Waals surface area (Å²) in [4.78, 5) is 0. The van der Waals surface area contributed by atoms with Crippen LogP contribution in [0.15, 0.2) is 0 Å². The zero-order valence-corrected chi connectivity index (χ0v) is 13.9. The van der Waals surface area contributed by atoms with Gasteiger partial charge in [0.25, 0.3) is 0 Å². The monoisotopic (exact) mass is 289 g/mol. The molecule has 0 aromatic heterocycles. The Hall–Kier alpha value is -0.0900. The fourth-order valence-corrected chi connectivity index (χ4v) is 4.42. The van der Waals surface area contributed by atoms with E-state index in [4.69, 9.17) is 5.73 Å². The van der Waals surface area contributed by atoms with Crippen molar-refractivity contribution < 1.29 is 8.42 Å². The molecule has 1 aliphatic rings. The average Bonchev–Trinajstić information content (AvgIpc) is 2.35. The van der Waals surface area contributed by atoms with E-state index in [1.54, 1.807) is 20.8 Å². The van der Waals surface area contributed by atoms with Crippen molar-refractivity contribution in [2.45, 2.75) is 71.0 Å². The molecule has 2 N–H and O–H groups in total. The normalized spacial score (nSPS) is 29.4. The highest BCUT2D eigenvalue weighted by Gasteiger charge is 2.37. The molecular formula is C15H31NO2S. The molecule has 0 saturated heterocycles. The van der Waals surface area contributed by atoms with E-state index in [2.05, 4.69) is 6.92 Å². The summed E-state index contributed by atoms with van der Waals surface area (Å²) >= 11 is 0. The molecule has 3 nitrogen and oxygen atoms in total. The summed E-state index contributed by atoms with van der Waals surface area (Å²) in [5, 5.41) is 0. The van der Waals surface area contributed by atoms with Crippen molar-refractivity contribution in [2.75, 3.05) is 12.3 Å². The van der Waals surface area contributed by atoms with E-state index in [-0.39, 0.29) is 11.2 Å². The molecule has 114 valence electrons. The Morgan fingerprint density at radius 2 is 1.95 bits per heavy atom. The van der Waals surface area contributed by atoms with Gasteiger partial charge in [-0.25, -0.2) is 8.42 Å². The summed E-state index contributed by atoms with van der Waals surface area (Å²) in [6, 6.07) is 0. The minimum Gasteiger partial charge on any atom is -0.330 e. The Bertz CT molecular complexity index is 383. The maximum Gasteiger partial charge on any atom is 0.155 e. The van der Waals surface area contributed by atoms with Gasteiger partial charge in [-0.3, -0.25) is 0 Å². The summed E-state index contributed by atoms with van der Waals surface area (Å²) < 4.78 is 23.9. The lowest BCUT2D eigenvalue weighted by atomic mass is 9.67. The highest BCUT2D eigenvalue weighted by molar-refractivity contribution is 7.92. The van der Waals surface area contributed by atoms with E-state index < -0.39 is 14.6 Å². The van der Waals surface area contributed by atoms with Gasteiger partial charge < -0.3 is 5.73 Å². The Kier molecular flexibility index (Phi) is 5.47. The van der Waals surface area contributed by atoms with E-state index >= 15 is 0 Å². The first-order chi connectivity index (χ1) is 8.66. The predicted octanol–water partition coefficient (Wildman–Crippen LogP) is 3.14. The van der Waals surface area contributed by atoms with Crippen LogP contribution in [0.5, 0.6) is 0 Å². The summed E-state index contributed by atoms with van der Waals surface area (Å²) in [6.07, 6.45) is 6.61. The zero-order chi connectivity index (χ0) is 14.7. The molecule has 1 fully saturated rings. The van der Waals surface area contributed by atoms with Crippen LogP contribution in [-0.4, -0.2) is 25.5 Å². The van der Waals surface area contributed by atoms with E-state index in [1.807, 2.05) is 0 Å². The summed E-state index contributed by atoms with van der Waals surface area (Å²) in [5.41, 5.74) is 6.07. The first-order valence-corrected chi connectivity index (χ1v) is 9.23. The van der Waals surface area contributed by atoms with Crippen molar-refractivity contribution >= 4 is 9.84 Å². The SMILES string of the molecule is CCC1CCCC(CN)(CCS(=O)(=O)C(C)(C)C)C1. The van der Waals surface area contributed by atoms with Crippen molar-refractivity contribution in [3.63, 3.8) is 0 Å². The van der Waals surface area contributed by atoms with Gasteiger partial charge in [-0.15, -0.1) is 0 Å². The number of rotatable bonds is 5. The smallest absolute Gasteiger partial charge is 0.155 e. The molecule has 0 aromatic carbocycles. The molecule has 0 aromatic rings. The quantitative estimate of drug-likeness (QED) is 0.846. The third-order valence-corrected chi connectivity index (χ3v) is 7.49. The summed E-state index contributed by atoms with van der Waals surface area (Å²) in [6.45, 7) is 8.21. The van der Waals surface area contributed by atoms with Crippen LogP contribution < -0.4 is 5.73 Å². The van der Waals surface area contributed by atoms with Crippen LogP contribution in [-0.2, 0) is 9.84 Å². The highest BCUT2D eigenvalue weighted by atomic mass is 32.2. The molecule has 4 heteroatoms. The van der Waals surface area contributed by atoms with Gasteiger partial charge in [0.1, 0.15) is 0 Å². The van der Waals surface area contributed by atoms with Crippen LogP contribution in [0.25, 0.3) is 0 Å². The van der Waals surface area contributed by atoms with Crippen molar-refractivity contribution in [3.05, 3.63) is 0 Å². The van der Waals surface area contributed by atoms with Crippen LogP contribution in [0.2, 0.25) is 0 Å². The lowest BCUT2D eigenvalue weighted by Gasteiger charge is -2.40. The van der Waals surface area contributed by atoms with E-state index in [9.17, 15) is 8.42 Å². The Balaban J connectivity index is 2.72. The molecule has 1 rings (SSSR count). The second-order valence-corrected chi connectivity index (χ2v) is 10.1. The largest absolute Gasteiger partial charge is 0.330 e. The topological polar surface area (TPSA) is 60.2 Å². The number of nitrogens with two attached hydrogens (primary N) is 1. The first kappa shape index (κ1) is 17.0. The second-order valence-electron chi connectivity index (χ2n) is 7.26. The van der Waals surface area contributed by atoms with Crippen molar-refractivity contribution in [2.24, 2.45) is 17.1 Å². The van der Waals surface area contributed by atoms with Gasteiger partial charge >= 0.3 is 0 Å². The molecule has 1 aliphatic carbocycles. The van der Waals surface area contributed by atoms with Gasteiger partial charge in [0.2, 0.25) is 0 Å². The minimum absolute atomic E-state index is 0.0667. The van der Waals surface area contributed by atoms with Crippen LogP contribution >= 0.6 is 0 Å². The molecule has 1 saturated carbocycles. The molecule has 2 atom stereocenters. The third kappa shape index (κ3) is 4.19.